The number of nitrogens with zero attached hydrogens (tertiary/aromatic N) is 1. The van der Waals surface area contributed by atoms with E-state index < -0.39 is 0 Å². The number of ether oxygens (including phenoxy) is 2. The minimum atomic E-state index is -0.0388. The van der Waals surface area contributed by atoms with Crippen molar-refractivity contribution in [2.24, 2.45) is 0 Å². The standard InChI is InChI=1S/C17H24N2O3/c1-12-3-4-14-5-7-19(16(14)9-12)17(20)18-13(2)10-22-15-6-8-21-11-15/h3-4,9,13,15H,5-8,10-11H2,1-2H3,(H,18,20)/t13-,15+/m0/s1. The lowest BCUT2D eigenvalue weighted by Crippen LogP contribution is -2.45. The van der Waals surface area contributed by atoms with Crippen molar-refractivity contribution in [3.05, 3.63) is 29.3 Å². The summed E-state index contributed by atoms with van der Waals surface area (Å²) >= 11 is 0. The highest BCUT2D eigenvalue weighted by molar-refractivity contribution is 5.94. The number of urea groups is 1. The molecule has 2 heterocycles. The van der Waals surface area contributed by atoms with E-state index in [4.69, 9.17) is 9.47 Å². The van der Waals surface area contributed by atoms with Crippen LogP contribution < -0.4 is 10.2 Å². The molecule has 2 aliphatic rings. The van der Waals surface area contributed by atoms with Crippen LogP contribution in [-0.2, 0) is 15.9 Å². The molecule has 5 nitrogen and oxygen atoms in total. The zero-order chi connectivity index (χ0) is 15.5. The Morgan fingerprint density at radius 3 is 3.18 bits per heavy atom. The lowest BCUT2D eigenvalue weighted by atomic mass is 10.1. The van der Waals surface area contributed by atoms with E-state index in [9.17, 15) is 4.79 Å². The van der Waals surface area contributed by atoms with E-state index in [0.29, 0.717) is 13.2 Å². The largest absolute Gasteiger partial charge is 0.379 e. The predicted octanol–water partition coefficient (Wildman–Crippen LogP) is 2.26. The number of benzene rings is 1. The summed E-state index contributed by atoms with van der Waals surface area (Å²) in [5, 5.41) is 3.03. The Balaban J connectivity index is 1.53. The molecule has 0 aliphatic carbocycles. The molecule has 3 rings (SSSR count). The van der Waals surface area contributed by atoms with Crippen molar-refractivity contribution in [1.29, 1.82) is 0 Å². The zero-order valence-electron chi connectivity index (χ0n) is 13.3. The van der Waals surface area contributed by atoms with Crippen LogP contribution in [0.2, 0.25) is 0 Å². The highest BCUT2D eigenvalue weighted by atomic mass is 16.5. The number of amides is 2. The van der Waals surface area contributed by atoms with Crippen LogP contribution in [0, 0.1) is 6.92 Å². The van der Waals surface area contributed by atoms with Crippen molar-refractivity contribution in [3.8, 4) is 0 Å². The number of rotatable bonds is 4. The van der Waals surface area contributed by atoms with E-state index in [0.717, 1.165) is 31.7 Å². The van der Waals surface area contributed by atoms with Crippen LogP contribution in [0.15, 0.2) is 18.2 Å². The molecular formula is C17H24N2O3. The number of aryl methyl sites for hydroxylation is 1. The van der Waals surface area contributed by atoms with Gasteiger partial charge in [-0.05, 0) is 43.9 Å². The van der Waals surface area contributed by atoms with Gasteiger partial charge in [0.1, 0.15) is 0 Å². The third kappa shape index (κ3) is 3.42. The molecule has 0 unspecified atom stereocenters. The second kappa shape index (κ2) is 6.67. The number of carbonyl (C=O) groups excluding carboxylic acids is 1. The quantitative estimate of drug-likeness (QED) is 0.928. The van der Waals surface area contributed by atoms with E-state index in [1.165, 1.54) is 11.1 Å². The fourth-order valence-corrected chi connectivity index (χ4v) is 2.96. The van der Waals surface area contributed by atoms with Crippen LogP contribution in [0.4, 0.5) is 10.5 Å². The van der Waals surface area contributed by atoms with Crippen LogP contribution in [0.3, 0.4) is 0 Å². The number of hydrogen-bond acceptors (Lipinski definition) is 3. The van der Waals surface area contributed by atoms with Gasteiger partial charge in [0, 0.05) is 18.8 Å². The highest BCUT2D eigenvalue weighted by Gasteiger charge is 2.26. The second-order valence-corrected chi connectivity index (χ2v) is 6.20. The van der Waals surface area contributed by atoms with Gasteiger partial charge in [-0.25, -0.2) is 4.79 Å². The van der Waals surface area contributed by atoms with Gasteiger partial charge >= 0.3 is 6.03 Å². The summed E-state index contributed by atoms with van der Waals surface area (Å²) in [6.45, 7) is 6.73. The van der Waals surface area contributed by atoms with Crippen LogP contribution in [0.1, 0.15) is 24.5 Å². The van der Waals surface area contributed by atoms with Crippen LogP contribution in [-0.4, -0.2) is 44.5 Å². The van der Waals surface area contributed by atoms with Crippen molar-refractivity contribution in [2.45, 2.75) is 38.8 Å². The summed E-state index contributed by atoms with van der Waals surface area (Å²) in [5.41, 5.74) is 3.46. The molecule has 1 N–H and O–H groups in total. The summed E-state index contributed by atoms with van der Waals surface area (Å²) in [7, 11) is 0. The zero-order valence-corrected chi connectivity index (χ0v) is 13.3. The average molecular weight is 304 g/mol. The molecule has 1 fully saturated rings. The summed E-state index contributed by atoms with van der Waals surface area (Å²) in [6, 6.07) is 6.24. The molecule has 1 saturated heterocycles. The molecule has 0 bridgehead atoms. The second-order valence-electron chi connectivity index (χ2n) is 6.20. The topological polar surface area (TPSA) is 50.8 Å². The molecule has 22 heavy (non-hydrogen) atoms. The van der Waals surface area contributed by atoms with E-state index in [1.54, 1.807) is 0 Å². The fourth-order valence-electron chi connectivity index (χ4n) is 2.96. The van der Waals surface area contributed by atoms with E-state index in [2.05, 4.69) is 30.4 Å². The van der Waals surface area contributed by atoms with Gasteiger partial charge in [0.15, 0.2) is 0 Å². The third-order valence-corrected chi connectivity index (χ3v) is 4.22. The summed E-state index contributed by atoms with van der Waals surface area (Å²) < 4.78 is 11.0. The summed E-state index contributed by atoms with van der Waals surface area (Å²) in [6.07, 6.45) is 2.04. The SMILES string of the molecule is Cc1ccc2c(c1)N(C(=O)N[C@@H](C)CO[C@@H]1CCOC1)CC2. The minimum Gasteiger partial charge on any atom is -0.379 e. The maximum atomic E-state index is 12.5. The molecule has 2 amide bonds. The first-order valence-corrected chi connectivity index (χ1v) is 8.00. The van der Waals surface area contributed by atoms with Gasteiger partial charge < -0.3 is 14.8 Å². The van der Waals surface area contributed by atoms with E-state index >= 15 is 0 Å². The maximum absolute atomic E-state index is 12.5. The molecule has 5 heteroatoms. The summed E-state index contributed by atoms with van der Waals surface area (Å²) in [4.78, 5) is 14.3. The van der Waals surface area contributed by atoms with E-state index in [1.807, 2.05) is 11.8 Å². The maximum Gasteiger partial charge on any atom is 0.322 e. The Kier molecular flexibility index (Phi) is 4.64. The Hall–Kier alpha value is -1.59. The molecule has 2 aliphatic heterocycles. The number of fused-ring (bicyclic) bond motifs is 1. The van der Waals surface area contributed by atoms with Crippen molar-refractivity contribution in [3.63, 3.8) is 0 Å². The van der Waals surface area contributed by atoms with Crippen LogP contribution >= 0.6 is 0 Å². The van der Waals surface area contributed by atoms with Gasteiger partial charge in [-0.3, -0.25) is 4.90 Å². The molecule has 0 spiro atoms. The Bertz CT molecular complexity index is 541. The molecule has 120 valence electrons. The first-order chi connectivity index (χ1) is 10.6. The van der Waals surface area contributed by atoms with Crippen molar-refractivity contribution >= 4 is 11.7 Å². The fraction of sp³-hybridized carbons (Fsp3) is 0.588. The molecular weight excluding hydrogens is 280 g/mol. The van der Waals surface area contributed by atoms with Gasteiger partial charge in [-0.1, -0.05) is 12.1 Å². The van der Waals surface area contributed by atoms with Crippen molar-refractivity contribution in [2.75, 3.05) is 31.3 Å². The Morgan fingerprint density at radius 2 is 2.41 bits per heavy atom. The number of nitrogens with one attached hydrogen (secondary N) is 1. The molecule has 1 aromatic carbocycles. The van der Waals surface area contributed by atoms with Crippen LogP contribution in [0.5, 0.6) is 0 Å². The van der Waals surface area contributed by atoms with Crippen molar-refractivity contribution in [1.82, 2.24) is 5.32 Å². The van der Waals surface area contributed by atoms with Gasteiger partial charge in [-0.15, -0.1) is 0 Å². The molecule has 2 atom stereocenters. The van der Waals surface area contributed by atoms with Gasteiger partial charge in [-0.2, -0.15) is 0 Å². The molecule has 0 radical (unpaired) electrons. The Labute approximate surface area is 131 Å². The molecule has 1 aromatic rings. The number of hydrogen-bond donors (Lipinski definition) is 1. The smallest absolute Gasteiger partial charge is 0.322 e. The van der Waals surface area contributed by atoms with Crippen molar-refractivity contribution < 1.29 is 14.3 Å². The monoisotopic (exact) mass is 304 g/mol. The van der Waals surface area contributed by atoms with Gasteiger partial charge in [0.25, 0.3) is 0 Å². The first-order valence-electron chi connectivity index (χ1n) is 8.00. The Morgan fingerprint density at radius 1 is 1.55 bits per heavy atom. The highest BCUT2D eigenvalue weighted by Crippen LogP contribution is 2.28. The third-order valence-electron chi connectivity index (χ3n) is 4.22. The lowest BCUT2D eigenvalue weighted by Gasteiger charge is -2.22. The normalized spacial score (nSPS) is 21.7. The molecule has 0 aromatic heterocycles. The van der Waals surface area contributed by atoms with Gasteiger partial charge in [0.2, 0.25) is 0 Å². The average Bonchev–Trinajstić information content (AvgIpc) is 3.14. The minimum absolute atomic E-state index is 0.0121. The van der Waals surface area contributed by atoms with Gasteiger partial charge in [0.05, 0.1) is 25.4 Å². The predicted molar refractivity (Wildman–Crippen MR) is 85.4 cm³/mol. The number of anilines is 1. The summed E-state index contributed by atoms with van der Waals surface area (Å²) in [5.74, 6) is 0. The first kappa shape index (κ1) is 15.3. The van der Waals surface area contributed by atoms with Crippen LogP contribution in [0.25, 0.3) is 0 Å². The van der Waals surface area contributed by atoms with E-state index in [-0.39, 0.29) is 18.2 Å². The molecule has 0 saturated carbocycles. The lowest BCUT2D eigenvalue weighted by molar-refractivity contribution is 0.0339. The number of carbonyl (C=O) groups is 1.